The number of ketones is 1. The molecule has 1 saturated heterocycles. The highest BCUT2D eigenvalue weighted by atomic mass is 35.5. The van der Waals surface area contributed by atoms with Crippen molar-refractivity contribution >= 4 is 69.5 Å². The topological polar surface area (TPSA) is 66.8 Å². The number of rotatable bonds is 4. The third kappa shape index (κ3) is 4.37. The van der Waals surface area contributed by atoms with Crippen molar-refractivity contribution in [3.63, 3.8) is 0 Å². The molecule has 1 amide bonds. The first-order chi connectivity index (χ1) is 16.1. The highest BCUT2D eigenvalue weighted by Crippen LogP contribution is 2.44. The van der Waals surface area contributed by atoms with Gasteiger partial charge in [-0.3, -0.25) is 14.5 Å². The number of ether oxygens (including phenoxy) is 1. The van der Waals surface area contributed by atoms with E-state index < -0.39 is 23.5 Å². The molecule has 34 heavy (non-hydrogen) atoms. The van der Waals surface area contributed by atoms with E-state index in [2.05, 4.69) is 0 Å². The van der Waals surface area contributed by atoms with Gasteiger partial charge in [0.25, 0.3) is 11.7 Å². The van der Waals surface area contributed by atoms with Crippen LogP contribution in [0.15, 0.2) is 60.2 Å². The molecule has 0 aromatic heterocycles. The summed E-state index contributed by atoms with van der Waals surface area (Å²) in [6.45, 7) is 1.88. The number of amides is 1. The maximum absolute atomic E-state index is 13.3. The summed E-state index contributed by atoms with van der Waals surface area (Å²) in [7, 11) is 1.41. The fourth-order valence-corrected chi connectivity index (χ4v) is 5.14. The van der Waals surface area contributed by atoms with Gasteiger partial charge in [0.1, 0.15) is 5.76 Å². The molecule has 0 bridgehead atoms. The van der Waals surface area contributed by atoms with Crippen molar-refractivity contribution in [3.8, 4) is 5.75 Å². The number of hydrogen-bond acceptors (Lipinski definition) is 4. The lowest BCUT2D eigenvalue weighted by molar-refractivity contribution is -0.132. The molecule has 1 fully saturated rings. The van der Waals surface area contributed by atoms with Crippen molar-refractivity contribution in [2.45, 2.75) is 13.0 Å². The van der Waals surface area contributed by atoms with E-state index in [1.165, 1.54) is 42.3 Å². The maximum atomic E-state index is 13.3. The zero-order chi connectivity index (χ0) is 24.7. The predicted octanol–water partition coefficient (Wildman–Crippen LogP) is 7.24. The summed E-state index contributed by atoms with van der Waals surface area (Å²) in [6.07, 6.45) is 0. The lowest BCUT2D eigenvalue weighted by Crippen LogP contribution is -2.29. The quantitative estimate of drug-likeness (QED) is 0.217. The third-order valence-corrected chi connectivity index (χ3v) is 6.40. The zero-order valence-electron chi connectivity index (χ0n) is 17.9. The summed E-state index contributed by atoms with van der Waals surface area (Å²) in [5.74, 6) is -1.91. The highest BCUT2D eigenvalue weighted by molar-refractivity contribution is 6.52. The van der Waals surface area contributed by atoms with Crippen LogP contribution >= 0.6 is 46.4 Å². The van der Waals surface area contributed by atoms with Gasteiger partial charge in [-0.25, -0.2) is 0 Å². The molecule has 3 aromatic rings. The first-order valence-corrected chi connectivity index (χ1v) is 11.5. The van der Waals surface area contributed by atoms with E-state index >= 15 is 0 Å². The van der Waals surface area contributed by atoms with Crippen molar-refractivity contribution in [3.05, 3.63) is 97.0 Å². The van der Waals surface area contributed by atoms with Crippen molar-refractivity contribution < 1.29 is 19.4 Å². The zero-order valence-corrected chi connectivity index (χ0v) is 20.9. The fraction of sp³-hybridized carbons (Fsp3) is 0.120. The molecular formula is C25H17Cl4NO4. The Hall–Kier alpha value is -2.70. The molecule has 5 nitrogen and oxygen atoms in total. The molecule has 1 atom stereocenters. The Morgan fingerprint density at radius 1 is 0.941 bits per heavy atom. The lowest BCUT2D eigenvalue weighted by atomic mass is 9.94. The number of aliphatic hydroxyl groups excluding tert-OH is 1. The third-order valence-electron chi connectivity index (χ3n) is 5.40. The summed E-state index contributed by atoms with van der Waals surface area (Å²) < 4.78 is 5.16. The van der Waals surface area contributed by atoms with Gasteiger partial charge in [-0.2, -0.15) is 0 Å². The Morgan fingerprint density at radius 2 is 1.56 bits per heavy atom. The summed E-state index contributed by atoms with van der Waals surface area (Å²) >= 11 is 24.9. The molecule has 1 aliphatic heterocycles. The minimum absolute atomic E-state index is 0.121. The monoisotopic (exact) mass is 535 g/mol. The molecule has 0 saturated carbocycles. The minimum atomic E-state index is -0.950. The molecule has 1 unspecified atom stereocenters. The molecule has 0 aliphatic carbocycles. The van der Waals surface area contributed by atoms with Crippen molar-refractivity contribution in [1.29, 1.82) is 0 Å². The maximum Gasteiger partial charge on any atom is 0.300 e. The van der Waals surface area contributed by atoms with Crippen LogP contribution in [0.2, 0.25) is 20.1 Å². The van der Waals surface area contributed by atoms with Crippen LogP contribution in [0.1, 0.15) is 22.7 Å². The Kier molecular flexibility index (Phi) is 6.83. The molecule has 3 aromatic carbocycles. The number of halogens is 4. The molecule has 174 valence electrons. The number of anilines is 1. The Morgan fingerprint density at radius 3 is 2.12 bits per heavy atom. The van der Waals surface area contributed by atoms with Gasteiger partial charge in [0, 0.05) is 21.3 Å². The molecule has 0 radical (unpaired) electrons. The first-order valence-electron chi connectivity index (χ1n) is 9.99. The van der Waals surface area contributed by atoms with Gasteiger partial charge in [0.15, 0.2) is 5.75 Å². The molecular weight excluding hydrogens is 520 g/mol. The molecule has 1 aliphatic rings. The number of carbonyl (C=O) groups excluding carboxylic acids is 2. The number of carbonyl (C=O) groups is 2. The largest absolute Gasteiger partial charge is 0.507 e. The van der Waals surface area contributed by atoms with Crippen LogP contribution in [0.4, 0.5) is 5.69 Å². The number of methoxy groups -OCH3 is 1. The van der Waals surface area contributed by atoms with E-state index in [0.29, 0.717) is 21.3 Å². The minimum Gasteiger partial charge on any atom is -0.507 e. The van der Waals surface area contributed by atoms with Crippen molar-refractivity contribution in [2.24, 2.45) is 0 Å². The Balaban J connectivity index is 1.99. The summed E-state index contributed by atoms with van der Waals surface area (Å²) in [5, 5.41) is 12.1. The Bertz CT molecular complexity index is 1330. The van der Waals surface area contributed by atoms with E-state index in [-0.39, 0.29) is 26.9 Å². The number of hydrogen-bond donors (Lipinski definition) is 1. The van der Waals surface area contributed by atoms with E-state index in [1.54, 1.807) is 12.1 Å². The van der Waals surface area contributed by atoms with Gasteiger partial charge >= 0.3 is 0 Å². The molecule has 1 heterocycles. The smallest absolute Gasteiger partial charge is 0.300 e. The Labute approximate surface area is 216 Å². The first kappa shape index (κ1) is 24.4. The van der Waals surface area contributed by atoms with Crippen LogP contribution in [0.25, 0.3) is 5.76 Å². The van der Waals surface area contributed by atoms with Gasteiger partial charge < -0.3 is 9.84 Å². The van der Waals surface area contributed by atoms with E-state index in [9.17, 15) is 14.7 Å². The number of nitrogens with zero attached hydrogens (tertiary/aromatic N) is 1. The average molecular weight is 537 g/mol. The van der Waals surface area contributed by atoms with E-state index in [4.69, 9.17) is 51.1 Å². The lowest BCUT2D eigenvalue weighted by Gasteiger charge is -2.26. The second-order valence-corrected chi connectivity index (χ2v) is 9.37. The molecule has 0 spiro atoms. The van der Waals surface area contributed by atoms with Gasteiger partial charge in [-0.15, -0.1) is 0 Å². The number of Topliss-reactive ketones (excluding diaryl/α,β-unsaturated/α-hetero) is 1. The van der Waals surface area contributed by atoms with Crippen molar-refractivity contribution in [2.75, 3.05) is 12.0 Å². The average Bonchev–Trinajstić information content (AvgIpc) is 3.03. The second kappa shape index (κ2) is 9.51. The van der Waals surface area contributed by atoms with Gasteiger partial charge in [0.05, 0.1) is 28.8 Å². The van der Waals surface area contributed by atoms with Crippen LogP contribution in [-0.4, -0.2) is 23.9 Å². The van der Waals surface area contributed by atoms with Gasteiger partial charge in [-0.1, -0.05) is 76.2 Å². The molecule has 1 N–H and O–H groups in total. The van der Waals surface area contributed by atoms with E-state index in [0.717, 1.165) is 5.56 Å². The summed E-state index contributed by atoms with van der Waals surface area (Å²) in [6, 6.07) is 13.7. The number of aryl methyl sites for hydroxylation is 1. The number of benzene rings is 3. The van der Waals surface area contributed by atoms with Gasteiger partial charge in [-0.05, 0) is 42.8 Å². The van der Waals surface area contributed by atoms with Crippen LogP contribution in [0.3, 0.4) is 0 Å². The fourth-order valence-electron chi connectivity index (χ4n) is 3.98. The van der Waals surface area contributed by atoms with E-state index in [1.807, 2.05) is 19.1 Å². The molecule has 4 rings (SSSR count). The highest BCUT2D eigenvalue weighted by Gasteiger charge is 2.47. The van der Waals surface area contributed by atoms with Crippen LogP contribution in [0, 0.1) is 6.92 Å². The predicted molar refractivity (Wildman–Crippen MR) is 135 cm³/mol. The van der Waals surface area contributed by atoms with Crippen LogP contribution in [0.5, 0.6) is 5.75 Å². The van der Waals surface area contributed by atoms with Crippen LogP contribution < -0.4 is 9.64 Å². The number of aliphatic hydroxyl groups is 1. The van der Waals surface area contributed by atoms with Crippen LogP contribution in [-0.2, 0) is 9.59 Å². The standard InChI is InChI=1S/C25H17Cl4NO4/c1-12-4-3-5-13(6-12)21-20(22(31)14-7-18(28)24(34-2)19(29)8-14)23(32)25(33)30(21)17-10-15(26)9-16(27)11-17/h3-11,21,31H,1-2H3/b22-20+. The molecule has 9 heteroatoms. The SMILES string of the molecule is COc1c(Cl)cc(/C(O)=C2\C(=O)C(=O)N(c3cc(Cl)cc(Cl)c3)C2c2cccc(C)c2)cc1Cl. The summed E-state index contributed by atoms with van der Waals surface area (Å²) in [4.78, 5) is 27.8. The van der Waals surface area contributed by atoms with Crippen molar-refractivity contribution in [1.82, 2.24) is 0 Å². The van der Waals surface area contributed by atoms with Gasteiger partial charge in [0.2, 0.25) is 0 Å². The summed E-state index contributed by atoms with van der Waals surface area (Å²) in [5.41, 5.74) is 1.88. The second-order valence-electron chi connectivity index (χ2n) is 7.68. The normalized spacial score (nSPS) is 17.4.